The van der Waals surface area contributed by atoms with Gasteiger partial charge in [-0.15, -0.1) is 0 Å². The van der Waals surface area contributed by atoms with E-state index in [1.807, 2.05) is 76.2 Å². The molecule has 3 aromatic rings. The Morgan fingerprint density at radius 2 is 1.76 bits per heavy atom. The highest BCUT2D eigenvalue weighted by Gasteiger charge is 2.52. The Bertz CT molecular complexity index is 1250. The first-order chi connectivity index (χ1) is 16.1. The topological polar surface area (TPSA) is 89.7 Å². The minimum atomic E-state index is -0.648. The predicted octanol–water partition coefficient (Wildman–Crippen LogP) is 4.47. The molecule has 1 fully saturated rings. The van der Waals surface area contributed by atoms with E-state index < -0.39 is 24.4 Å². The molecule has 0 unspecified atom stereocenters. The first-order valence-corrected chi connectivity index (χ1v) is 11.3. The number of rotatable bonds is 6. The highest BCUT2D eigenvalue weighted by molar-refractivity contribution is 6.56. The molecular weight excluding hydrogens is 431 g/mol. The summed E-state index contributed by atoms with van der Waals surface area (Å²) in [5, 5.41) is 3.41. The second-order valence-electron chi connectivity index (χ2n) is 9.37. The molecule has 7 nitrogen and oxygen atoms in total. The number of aromatic amines is 1. The quantitative estimate of drug-likeness (QED) is 0.530. The fraction of sp³-hybridized carbons (Fsp3) is 0.308. The van der Waals surface area contributed by atoms with Gasteiger partial charge in [0.1, 0.15) is 6.61 Å². The fourth-order valence-electron chi connectivity index (χ4n) is 3.64. The lowest BCUT2D eigenvalue weighted by Gasteiger charge is -2.32. The summed E-state index contributed by atoms with van der Waals surface area (Å²) in [5.41, 5.74) is 2.11. The smallest absolute Gasteiger partial charge is 0.445 e. The number of pyridine rings is 1. The molecule has 4 rings (SSSR count). The minimum absolute atomic E-state index is 0.0432. The zero-order valence-electron chi connectivity index (χ0n) is 19.9. The van der Waals surface area contributed by atoms with Gasteiger partial charge in [-0.05, 0) is 56.4 Å². The van der Waals surface area contributed by atoms with Crippen LogP contribution < -0.4 is 10.7 Å². The average Bonchev–Trinajstić information content (AvgIpc) is 3.02. The number of hydrogen-bond donors (Lipinski definition) is 2. The minimum Gasteiger partial charge on any atom is -0.445 e. The molecule has 1 amide bonds. The maximum Gasteiger partial charge on any atom is 0.492 e. The van der Waals surface area contributed by atoms with Crippen molar-refractivity contribution in [3.05, 3.63) is 87.6 Å². The zero-order valence-corrected chi connectivity index (χ0v) is 19.9. The normalized spacial score (nSPS) is 17.1. The third kappa shape index (κ3) is 5.24. The molecule has 2 aromatic carbocycles. The third-order valence-electron chi connectivity index (χ3n) is 6.34. The Labute approximate surface area is 199 Å². The molecule has 1 aliphatic heterocycles. The van der Waals surface area contributed by atoms with Crippen LogP contribution in [-0.2, 0) is 20.7 Å². The summed E-state index contributed by atoms with van der Waals surface area (Å²) in [7, 11) is -0.648. The summed E-state index contributed by atoms with van der Waals surface area (Å²) in [5.74, 6) is 0. The van der Waals surface area contributed by atoms with Gasteiger partial charge in [-0.2, -0.15) is 0 Å². The third-order valence-corrected chi connectivity index (χ3v) is 6.34. The average molecular weight is 460 g/mol. The molecule has 1 aromatic heterocycles. The number of ether oxygens (including phenoxy) is 1. The largest absolute Gasteiger partial charge is 0.492 e. The number of H-pyrrole nitrogens is 1. The Morgan fingerprint density at radius 1 is 1.06 bits per heavy atom. The van der Waals surface area contributed by atoms with Crippen LogP contribution in [0.4, 0.5) is 4.79 Å². The molecular formula is C26H29BN2O5. The molecule has 0 spiro atoms. The van der Waals surface area contributed by atoms with E-state index in [1.165, 1.54) is 6.07 Å². The Balaban J connectivity index is 1.55. The van der Waals surface area contributed by atoms with E-state index in [2.05, 4.69) is 10.3 Å². The van der Waals surface area contributed by atoms with Gasteiger partial charge in [-0.3, -0.25) is 4.79 Å². The lowest BCUT2D eigenvalue weighted by atomic mass is 9.77. The van der Waals surface area contributed by atoms with Crippen molar-refractivity contribution in [1.29, 1.82) is 0 Å². The van der Waals surface area contributed by atoms with Crippen molar-refractivity contribution in [1.82, 2.24) is 10.3 Å². The number of fused-ring (bicyclic) bond motifs is 1. The van der Waals surface area contributed by atoms with Crippen LogP contribution in [0.1, 0.15) is 38.8 Å². The van der Waals surface area contributed by atoms with Crippen molar-refractivity contribution in [2.45, 2.75) is 45.5 Å². The summed E-state index contributed by atoms with van der Waals surface area (Å²) >= 11 is 0. The van der Waals surface area contributed by atoms with Crippen LogP contribution in [-0.4, -0.2) is 35.9 Å². The van der Waals surface area contributed by atoms with E-state index in [4.69, 9.17) is 14.0 Å². The van der Waals surface area contributed by atoms with Gasteiger partial charge in [-0.1, -0.05) is 42.5 Å². The number of alkyl carbamates (subject to hydrolysis) is 1. The Kier molecular flexibility index (Phi) is 6.64. The summed E-state index contributed by atoms with van der Waals surface area (Å²) < 4.78 is 17.8. The molecule has 2 N–H and O–H groups in total. The summed E-state index contributed by atoms with van der Waals surface area (Å²) in [6, 6.07) is 16.5. The van der Waals surface area contributed by atoms with Crippen molar-refractivity contribution >= 4 is 30.2 Å². The molecule has 176 valence electrons. The standard InChI is InChI=1S/C26H29BN2O5/c1-25(2)26(3,4)34-27(33-25)20(16-29-24(31)32-17-18-8-6-5-7-9-18)14-19-10-11-21-22(15-19)28-13-12-23(21)30/h5-15H,16-17H2,1-4H3,(H,28,30)(H,29,31). The van der Waals surface area contributed by atoms with Crippen molar-refractivity contribution < 1.29 is 18.8 Å². The highest BCUT2D eigenvalue weighted by atomic mass is 16.7. The van der Waals surface area contributed by atoms with Gasteiger partial charge in [0, 0.05) is 29.7 Å². The molecule has 8 heteroatoms. The lowest BCUT2D eigenvalue weighted by Crippen LogP contribution is -2.41. The van der Waals surface area contributed by atoms with Gasteiger partial charge in [-0.25, -0.2) is 4.79 Å². The molecule has 0 saturated carbocycles. The molecule has 2 heterocycles. The van der Waals surface area contributed by atoms with Crippen LogP contribution in [0.5, 0.6) is 0 Å². The second-order valence-corrected chi connectivity index (χ2v) is 9.37. The van der Waals surface area contributed by atoms with Gasteiger partial charge >= 0.3 is 13.2 Å². The van der Waals surface area contributed by atoms with E-state index in [1.54, 1.807) is 12.3 Å². The van der Waals surface area contributed by atoms with Gasteiger partial charge in [0.05, 0.1) is 11.2 Å². The molecule has 0 aliphatic carbocycles. The van der Waals surface area contributed by atoms with E-state index >= 15 is 0 Å². The monoisotopic (exact) mass is 460 g/mol. The Morgan fingerprint density at radius 3 is 2.47 bits per heavy atom. The number of nitrogens with one attached hydrogen (secondary N) is 2. The molecule has 0 atom stereocenters. The second kappa shape index (κ2) is 9.48. The summed E-state index contributed by atoms with van der Waals surface area (Å²) in [4.78, 5) is 27.5. The maximum absolute atomic E-state index is 12.4. The van der Waals surface area contributed by atoms with E-state index in [0.717, 1.165) is 22.1 Å². The van der Waals surface area contributed by atoms with Crippen LogP contribution in [0.3, 0.4) is 0 Å². The Hall–Kier alpha value is -3.36. The first-order valence-electron chi connectivity index (χ1n) is 11.3. The summed E-state index contributed by atoms with van der Waals surface area (Å²) in [6.07, 6.45) is 3.00. The predicted molar refractivity (Wildman–Crippen MR) is 133 cm³/mol. The van der Waals surface area contributed by atoms with Gasteiger partial charge in [0.2, 0.25) is 0 Å². The first kappa shape index (κ1) is 23.8. The number of carbonyl (C=O) groups is 1. The fourth-order valence-corrected chi connectivity index (χ4v) is 3.64. The maximum atomic E-state index is 12.4. The zero-order chi connectivity index (χ0) is 24.3. The van der Waals surface area contributed by atoms with Gasteiger partial charge < -0.3 is 24.3 Å². The van der Waals surface area contributed by atoms with Crippen molar-refractivity contribution in [3.63, 3.8) is 0 Å². The molecule has 0 radical (unpaired) electrons. The van der Waals surface area contributed by atoms with Crippen molar-refractivity contribution in [2.75, 3.05) is 6.54 Å². The van der Waals surface area contributed by atoms with Crippen LogP contribution in [0.15, 0.2) is 71.1 Å². The van der Waals surface area contributed by atoms with E-state index in [-0.39, 0.29) is 18.6 Å². The molecule has 1 aliphatic rings. The highest BCUT2D eigenvalue weighted by Crippen LogP contribution is 2.38. The van der Waals surface area contributed by atoms with Crippen LogP contribution >= 0.6 is 0 Å². The van der Waals surface area contributed by atoms with Gasteiger partial charge in [0.25, 0.3) is 0 Å². The van der Waals surface area contributed by atoms with E-state index in [0.29, 0.717) is 5.39 Å². The van der Waals surface area contributed by atoms with Gasteiger partial charge in [0.15, 0.2) is 5.43 Å². The van der Waals surface area contributed by atoms with Crippen LogP contribution in [0.25, 0.3) is 17.0 Å². The van der Waals surface area contributed by atoms with Crippen LogP contribution in [0.2, 0.25) is 0 Å². The van der Waals surface area contributed by atoms with E-state index in [9.17, 15) is 9.59 Å². The number of hydrogen-bond acceptors (Lipinski definition) is 5. The number of aromatic nitrogens is 1. The molecule has 0 bridgehead atoms. The van der Waals surface area contributed by atoms with Crippen molar-refractivity contribution in [3.8, 4) is 0 Å². The lowest BCUT2D eigenvalue weighted by molar-refractivity contribution is 0.00578. The van der Waals surface area contributed by atoms with Crippen molar-refractivity contribution in [2.24, 2.45) is 0 Å². The number of benzene rings is 2. The van der Waals surface area contributed by atoms with Crippen LogP contribution in [0, 0.1) is 0 Å². The SMILES string of the molecule is CC1(C)OB(C(=Cc2ccc3c(=O)cc[nH]c3c2)CNC(=O)OCc2ccccc2)OC1(C)C. The molecule has 1 saturated heterocycles. The summed E-state index contributed by atoms with van der Waals surface area (Å²) in [6.45, 7) is 8.27. The number of amides is 1. The molecule has 34 heavy (non-hydrogen) atoms. The number of carbonyl (C=O) groups excluding carboxylic acids is 1.